The molecule has 35 heavy (non-hydrogen) atoms. The van der Waals surface area contributed by atoms with E-state index in [4.69, 9.17) is 0 Å². The maximum absolute atomic E-state index is 3.02. The Morgan fingerprint density at radius 3 is 1.34 bits per heavy atom. The van der Waals surface area contributed by atoms with Gasteiger partial charge in [-0.3, -0.25) is 0 Å². The van der Waals surface area contributed by atoms with Crippen LogP contribution in [0.1, 0.15) is 96.8 Å². The van der Waals surface area contributed by atoms with Gasteiger partial charge in [0.15, 0.2) is 0 Å². The Kier molecular flexibility index (Phi) is 7.27. The third-order valence-electron chi connectivity index (χ3n) is 9.53. The van der Waals surface area contributed by atoms with Gasteiger partial charge in [-0.1, -0.05) is 0 Å². The molecule has 0 N–H and O–H groups in total. The Balaban J connectivity index is 0.00000144. The first-order valence-electron chi connectivity index (χ1n) is 13.3. The first-order valence-corrected chi connectivity index (χ1v) is 21.6. The van der Waals surface area contributed by atoms with E-state index in [2.05, 4.69) is 102 Å². The van der Waals surface area contributed by atoms with Crippen LogP contribution in [0.15, 0.2) is 59.7 Å². The monoisotopic (exact) mass is 674 g/mol. The van der Waals surface area contributed by atoms with Crippen LogP contribution in [0, 0.1) is 10.8 Å². The Morgan fingerprint density at radius 1 is 0.600 bits per heavy atom. The van der Waals surface area contributed by atoms with E-state index in [0.717, 1.165) is 14.7 Å². The molecule has 186 valence electrons. The fourth-order valence-corrected chi connectivity index (χ4v) is 45.1. The van der Waals surface area contributed by atoms with Gasteiger partial charge in [0, 0.05) is 0 Å². The SMILES string of the molecule is CC(C)(C)C1=Cc2ccccc2[CH]1[Hf+2]1([CH]2C(C(C)(C)C)=Cc3ccccc32)[CH]2CCCC[CH]21.[Cl-].[Cl-]. The third kappa shape index (κ3) is 4.02. The molecular weight excluding hydrogens is 634 g/mol. The molecule has 4 atom stereocenters. The van der Waals surface area contributed by atoms with E-state index in [-0.39, 0.29) is 35.6 Å². The van der Waals surface area contributed by atoms with Gasteiger partial charge in [-0.15, -0.1) is 0 Å². The molecule has 1 aliphatic heterocycles. The topological polar surface area (TPSA) is 0 Å². The van der Waals surface area contributed by atoms with Crippen molar-refractivity contribution in [2.75, 3.05) is 0 Å². The van der Waals surface area contributed by atoms with Crippen LogP contribution < -0.4 is 24.8 Å². The molecule has 3 aliphatic carbocycles. The zero-order valence-corrected chi connectivity index (χ0v) is 27.3. The van der Waals surface area contributed by atoms with Crippen molar-refractivity contribution in [1.82, 2.24) is 0 Å². The Bertz CT molecular complexity index is 1080. The van der Waals surface area contributed by atoms with Crippen molar-refractivity contribution in [2.45, 2.75) is 81.9 Å². The van der Waals surface area contributed by atoms with Crippen LogP contribution >= 0.6 is 0 Å². The summed E-state index contributed by atoms with van der Waals surface area (Å²) in [6.07, 6.45) is 11.2. The van der Waals surface area contributed by atoms with E-state index in [1.54, 1.807) is 22.3 Å². The third-order valence-corrected chi connectivity index (χ3v) is 34.0. The van der Waals surface area contributed by atoms with Crippen molar-refractivity contribution in [3.8, 4) is 0 Å². The van der Waals surface area contributed by atoms with Gasteiger partial charge < -0.3 is 24.8 Å². The molecule has 1 heterocycles. The van der Waals surface area contributed by atoms with E-state index < -0.39 is 20.0 Å². The van der Waals surface area contributed by atoms with Crippen LogP contribution in [-0.4, -0.2) is 0 Å². The predicted molar refractivity (Wildman–Crippen MR) is 139 cm³/mol. The van der Waals surface area contributed by atoms with Crippen LogP contribution in [0.25, 0.3) is 12.2 Å². The number of halogens is 2. The predicted octanol–water partition coefficient (Wildman–Crippen LogP) is 3.68. The fraction of sp³-hybridized carbons (Fsp3) is 0.500. The summed E-state index contributed by atoms with van der Waals surface area (Å²) >= 11 is -3.02. The fourth-order valence-electron chi connectivity index (χ4n) is 8.27. The molecular formula is C32H40Cl2Hf. The molecule has 6 rings (SSSR count). The normalized spacial score (nSPS) is 28.9. The molecule has 0 aromatic heterocycles. The van der Waals surface area contributed by atoms with Crippen molar-refractivity contribution >= 4 is 12.2 Å². The maximum Gasteiger partial charge on any atom is -1.00 e. The van der Waals surface area contributed by atoms with Crippen molar-refractivity contribution in [3.63, 3.8) is 0 Å². The number of benzene rings is 2. The zero-order chi connectivity index (χ0) is 23.2. The Labute approximate surface area is 230 Å². The largest absolute Gasteiger partial charge is 1.00 e. The van der Waals surface area contributed by atoms with Crippen LogP contribution in [0.5, 0.6) is 0 Å². The molecule has 0 spiro atoms. The minimum Gasteiger partial charge on any atom is -1.00 e. The van der Waals surface area contributed by atoms with E-state index >= 15 is 0 Å². The number of hydrogen-bond acceptors (Lipinski definition) is 0. The minimum absolute atomic E-state index is 0. The van der Waals surface area contributed by atoms with Crippen molar-refractivity contribution in [3.05, 3.63) is 81.9 Å². The van der Waals surface area contributed by atoms with E-state index in [1.807, 2.05) is 0 Å². The maximum atomic E-state index is 2.63. The quantitative estimate of drug-likeness (QED) is 0.427. The summed E-state index contributed by atoms with van der Waals surface area (Å²) < 4.78 is 3.64. The molecule has 0 bridgehead atoms. The molecule has 0 radical (unpaired) electrons. The van der Waals surface area contributed by atoms with Gasteiger partial charge >= 0.3 is 207 Å². The van der Waals surface area contributed by atoms with Crippen molar-refractivity contribution in [1.29, 1.82) is 0 Å². The van der Waals surface area contributed by atoms with Gasteiger partial charge in [-0.25, -0.2) is 0 Å². The van der Waals surface area contributed by atoms with Gasteiger partial charge in [-0.05, 0) is 0 Å². The number of rotatable bonds is 2. The first-order chi connectivity index (χ1) is 15.6. The zero-order valence-electron chi connectivity index (χ0n) is 22.2. The number of allylic oxidation sites excluding steroid dienone is 2. The van der Waals surface area contributed by atoms with Gasteiger partial charge in [0.2, 0.25) is 0 Å². The van der Waals surface area contributed by atoms with Gasteiger partial charge in [0.1, 0.15) is 0 Å². The molecule has 1 saturated heterocycles. The summed E-state index contributed by atoms with van der Waals surface area (Å²) in [6, 6.07) is 19.0. The molecule has 0 nitrogen and oxygen atoms in total. The molecule has 0 amide bonds. The van der Waals surface area contributed by atoms with Crippen LogP contribution in [0.3, 0.4) is 0 Å². The van der Waals surface area contributed by atoms with Crippen molar-refractivity contribution < 1.29 is 44.8 Å². The molecule has 2 fully saturated rings. The smallest absolute Gasteiger partial charge is 1.00 e. The Morgan fingerprint density at radius 2 is 0.971 bits per heavy atom. The molecule has 2 aromatic carbocycles. The van der Waals surface area contributed by atoms with E-state index in [1.165, 1.54) is 36.8 Å². The summed E-state index contributed by atoms with van der Waals surface area (Å²) in [5.74, 6) is 0. The second-order valence-electron chi connectivity index (χ2n) is 13.3. The molecule has 4 unspecified atom stereocenters. The average molecular weight is 674 g/mol. The second-order valence-corrected chi connectivity index (χ2v) is 30.0. The second kappa shape index (κ2) is 9.28. The molecule has 4 aliphatic rings. The van der Waals surface area contributed by atoms with Gasteiger partial charge in [0.05, 0.1) is 0 Å². The molecule has 1 saturated carbocycles. The summed E-state index contributed by atoms with van der Waals surface area (Å²) in [5.41, 5.74) is 10.5. The summed E-state index contributed by atoms with van der Waals surface area (Å²) in [5, 5.41) is 0. The standard InChI is InChI=1S/2C13H15.C6H10.2ClH.Hf/c2*1-13(2,3)12-8-10-6-4-5-7-11(10)9-12;1-2-4-6-5-3-1;;;/h2*4-9H,1-3H3;1-2H,3-6H2;2*1H;/q;;;;;+2/p-2. The molecule has 3 heteroatoms. The first kappa shape index (κ1) is 27.4. The summed E-state index contributed by atoms with van der Waals surface area (Å²) in [6.45, 7) is 14.9. The average Bonchev–Trinajstić information content (AvgIpc) is 3.08. The summed E-state index contributed by atoms with van der Waals surface area (Å²) in [7, 11) is 0. The number of fused-ring (bicyclic) bond motifs is 3. The molecule has 2 aromatic rings. The van der Waals surface area contributed by atoms with Crippen LogP contribution in [0.2, 0.25) is 7.35 Å². The number of hydrogen-bond donors (Lipinski definition) is 0. The van der Waals surface area contributed by atoms with Crippen molar-refractivity contribution in [2.24, 2.45) is 10.8 Å². The van der Waals surface area contributed by atoms with E-state index in [0.29, 0.717) is 0 Å². The Hall–Kier alpha value is -0.630. The minimum atomic E-state index is -3.02. The van der Waals surface area contributed by atoms with Gasteiger partial charge in [-0.2, -0.15) is 0 Å². The van der Waals surface area contributed by atoms with Crippen LogP contribution in [0.4, 0.5) is 0 Å². The summed E-state index contributed by atoms with van der Waals surface area (Å²) in [4.78, 5) is 0. The van der Waals surface area contributed by atoms with E-state index in [9.17, 15) is 0 Å². The van der Waals surface area contributed by atoms with Crippen LogP contribution in [-0.2, 0) is 20.0 Å². The van der Waals surface area contributed by atoms with Gasteiger partial charge in [0.25, 0.3) is 0 Å².